The molecule has 0 amide bonds. The van der Waals surface area contributed by atoms with Gasteiger partial charge in [-0.15, -0.1) is 11.3 Å². The molecule has 3 aromatic heterocycles. The van der Waals surface area contributed by atoms with Gasteiger partial charge in [-0.2, -0.15) is 9.61 Å². The fourth-order valence-corrected chi connectivity index (χ4v) is 6.14. The van der Waals surface area contributed by atoms with Crippen LogP contribution >= 0.6 is 23.1 Å². The van der Waals surface area contributed by atoms with E-state index in [1.54, 1.807) is 18.1 Å². The Morgan fingerprint density at radius 2 is 2.23 bits per heavy atom. The number of aromatic nitrogens is 4. The number of morpholine rings is 1. The molecule has 8 heteroatoms. The van der Waals surface area contributed by atoms with Crippen LogP contribution in [-0.2, 0) is 17.6 Å². The van der Waals surface area contributed by atoms with E-state index in [1.165, 1.54) is 28.7 Å². The zero-order chi connectivity index (χ0) is 17.5. The molecule has 6 nitrogen and oxygen atoms in total. The van der Waals surface area contributed by atoms with E-state index < -0.39 is 0 Å². The first-order valence-electron chi connectivity index (χ1n) is 9.36. The summed E-state index contributed by atoms with van der Waals surface area (Å²) < 4.78 is 7.37. The van der Waals surface area contributed by atoms with E-state index in [0.29, 0.717) is 0 Å². The molecule has 0 unspecified atom stereocenters. The Labute approximate surface area is 160 Å². The maximum atomic E-state index is 5.43. The number of aryl methyl sites for hydroxylation is 1. The van der Waals surface area contributed by atoms with Crippen LogP contribution in [0.2, 0.25) is 0 Å². The van der Waals surface area contributed by atoms with Crippen molar-refractivity contribution in [1.82, 2.24) is 24.5 Å². The molecule has 0 aromatic carbocycles. The SMILES string of the molecule is C[C@H]1CCc2sc3nc(SCCN4CCOCC4)n4ncnc4c3c2C1. The van der Waals surface area contributed by atoms with Gasteiger partial charge in [0.2, 0.25) is 0 Å². The zero-order valence-electron chi connectivity index (χ0n) is 15.0. The summed E-state index contributed by atoms with van der Waals surface area (Å²) in [6, 6.07) is 0. The van der Waals surface area contributed by atoms with Crippen molar-refractivity contribution in [2.24, 2.45) is 5.92 Å². The second-order valence-electron chi connectivity index (χ2n) is 7.22. The normalized spacial score (nSPS) is 21.5. The topological polar surface area (TPSA) is 55.6 Å². The van der Waals surface area contributed by atoms with Crippen LogP contribution in [0, 0.1) is 5.92 Å². The van der Waals surface area contributed by atoms with E-state index in [2.05, 4.69) is 21.9 Å². The summed E-state index contributed by atoms with van der Waals surface area (Å²) in [5, 5.41) is 6.68. The van der Waals surface area contributed by atoms with Crippen LogP contribution in [0.15, 0.2) is 11.5 Å². The van der Waals surface area contributed by atoms with Crippen molar-refractivity contribution in [3.05, 3.63) is 16.8 Å². The number of hydrogen-bond donors (Lipinski definition) is 0. The van der Waals surface area contributed by atoms with Gasteiger partial charge in [0.15, 0.2) is 10.8 Å². The number of thioether (sulfide) groups is 1. The smallest absolute Gasteiger partial charge is 0.192 e. The fraction of sp³-hybridized carbons (Fsp3) is 0.611. The van der Waals surface area contributed by atoms with Crippen LogP contribution in [0.4, 0.5) is 0 Å². The molecule has 5 rings (SSSR count). The highest BCUT2D eigenvalue weighted by molar-refractivity contribution is 7.99. The predicted molar refractivity (Wildman–Crippen MR) is 105 cm³/mol. The Kier molecular flexibility index (Phi) is 4.60. The molecule has 1 atom stereocenters. The molecule has 2 aliphatic rings. The lowest BCUT2D eigenvalue weighted by Gasteiger charge is -2.26. The summed E-state index contributed by atoms with van der Waals surface area (Å²) in [4.78, 5) is 14.7. The lowest BCUT2D eigenvalue weighted by Crippen LogP contribution is -2.37. The second kappa shape index (κ2) is 7.07. The molecule has 26 heavy (non-hydrogen) atoms. The maximum Gasteiger partial charge on any atom is 0.192 e. The van der Waals surface area contributed by atoms with Crippen LogP contribution in [-0.4, -0.2) is 63.1 Å². The monoisotopic (exact) mass is 389 g/mol. The highest BCUT2D eigenvalue weighted by Crippen LogP contribution is 2.39. The Morgan fingerprint density at radius 1 is 1.35 bits per heavy atom. The molecule has 0 radical (unpaired) electrons. The summed E-state index contributed by atoms with van der Waals surface area (Å²) >= 11 is 3.65. The Bertz CT molecular complexity index is 931. The van der Waals surface area contributed by atoms with Crippen LogP contribution in [0.25, 0.3) is 15.9 Å². The minimum atomic E-state index is 0.742. The molecule has 1 fully saturated rings. The zero-order valence-corrected chi connectivity index (χ0v) is 16.6. The summed E-state index contributed by atoms with van der Waals surface area (Å²) in [7, 11) is 0. The van der Waals surface area contributed by atoms with E-state index in [9.17, 15) is 0 Å². The Hall–Kier alpha value is -1.22. The van der Waals surface area contributed by atoms with Gasteiger partial charge >= 0.3 is 0 Å². The minimum absolute atomic E-state index is 0.742. The first-order chi connectivity index (χ1) is 12.8. The molecule has 0 spiro atoms. The third-order valence-corrected chi connectivity index (χ3v) is 7.48. The van der Waals surface area contributed by atoms with Crippen LogP contribution in [0.1, 0.15) is 23.8 Å². The minimum Gasteiger partial charge on any atom is -0.379 e. The summed E-state index contributed by atoms with van der Waals surface area (Å²) in [5.74, 6) is 1.75. The first kappa shape index (κ1) is 16.9. The summed E-state index contributed by atoms with van der Waals surface area (Å²) in [5.41, 5.74) is 2.45. The number of nitrogens with zero attached hydrogens (tertiary/aromatic N) is 5. The molecule has 4 heterocycles. The average molecular weight is 390 g/mol. The second-order valence-corrected chi connectivity index (χ2v) is 9.37. The lowest BCUT2D eigenvalue weighted by molar-refractivity contribution is 0.0410. The number of thiophene rings is 1. The highest BCUT2D eigenvalue weighted by Gasteiger charge is 2.24. The predicted octanol–water partition coefficient (Wildman–Crippen LogP) is 2.89. The van der Waals surface area contributed by atoms with Crippen molar-refractivity contribution < 1.29 is 4.74 Å². The molecule has 1 saturated heterocycles. The van der Waals surface area contributed by atoms with Crippen molar-refractivity contribution >= 4 is 39.0 Å². The lowest BCUT2D eigenvalue weighted by atomic mass is 9.89. The fourth-order valence-electron chi connectivity index (χ4n) is 3.92. The standard InChI is InChI=1S/C18H23N5OS2/c1-12-2-3-14-13(10-12)15-16-19-11-20-23(16)18(21-17(15)26-14)25-9-6-22-4-7-24-8-5-22/h11-12H,2-10H2,1H3/t12-/m0/s1. The molecule has 3 aromatic rings. The number of ether oxygens (including phenoxy) is 1. The third-order valence-electron chi connectivity index (χ3n) is 5.38. The summed E-state index contributed by atoms with van der Waals surface area (Å²) in [6.45, 7) is 7.16. The van der Waals surface area contributed by atoms with Gasteiger partial charge in [-0.25, -0.2) is 9.97 Å². The molecule has 1 aliphatic heterocycles. The van der Waals surface area contributed by atoms with Gasteiger partial charge in [-0.3, -0.25) is 4.90 Å². The van der Waals surface area contributed by atoms with E-state index >= 15 is 0 Å². The van der Waals surface area contributed by atoms with Gasteiger partial charge in [-0.1, -0.05) is 18.7 Å². The van der Waals surface area contributed by atoms with Crippen molar-refractivity contribution in [2.75, 3.05) is 38.6 Å². The molecule has 0 bridgehead atoms. The van der Waals surface area contributed by atoms with Gasteiger partial charge in [0.1, 0.15) is 11.2 Å². The molecular formula is C18H23N5OS2. The van der Waals surface area contributed by atoms with Crippen LogP contribution in [0.3, 0.4) is 0 Å². The van der Waals surface area contributed by atoms with Gasteiger partial charge in [-0.05, 0) is 30.7 Å². The van der Waals surface area contributed by atoms with Crippen molar-refractivity contribution in [2.45, 2.75) is 31.3 Å². The quantitative estimate of drug-likeness (QED) is 0.505. The number of fused-ring (bicyclic) bond motifs is 5. The largest absolute Gasteiger partial charge is 0.379 e. The third kappa shape index (κ3) is 3.02. The van der Waals surface area contributed by atoms with Crippen molar-refractivity contribution in [1.29, 1.82) is 0 Å². The highest BCUT2D eigenvalue weighted by atomic mass is 32.2. The van der Waals surface area contributed by atoms with Crippen LogP contribution in [0.5, 0.6) is 0 Å². The van der Waals surface area contributed by atoms with Crippen molar-refractivity contribution in [3.63, 3.8) is 0 Å². The van der Waals surface area contributed by atoms with Crippen LogP contribution < -0.4 is 0 Å². The van der Waals surface area contributed by atoms with E-state index in [0.717, 1.165) is 66.6 Å². The van der Waals surface area contributed by atoms with Gasteiger partial charge in [0.05, 0.1) is 18.6 Å². The Morgan fingerprint density at radius 3 is 3.12 bits per heavy atom. The average Bonchev–Trinajstić information content (AvgIpc) is 3.26. The maximum absolute atomic E-state index is 5.43. The van der Waals surface area contributed by atoms with Gasteiger partial charge in [0.25, 0.3) is 0 Å². The molecule has 138 valence electrons. The van der Waals surface area contributed by atoms with Crippen molar-refractivity contribution in [3.8, 4) is 0 Å². The van der Waals surface area contributed by atoms with Gasteiger partial charge in [0, 0.05) is 30.3 Å². The van der Waals surface area contributed by atoms with E-state index in [4.69, 9.17) is 9.72 Å². The molecule has 1 aliphatic carbocycles. The number of rotatable bonds is 4. The molecular weight excluding hydrogens is 366 g/mol. The first-order valence-corrected chi connectivity index (χ1v) is 11.2. The summed E-state index contributed by atoms with van der Waals surface area (Å²) in [6.07, 6.45) is 5.27. The van der Waals surface area contributed by atoms with E-state index in [1.807, 2.05) is 15.9 Å². The molecule has 0 N–H and O–H groups in total. The van der Waals surface area contributed by atoms with Gasteiger partial charge < -0.3 is 4.74 Å². The number of hydrogen-bond acceptors (Lipinski definition) is 7. The molecule has 0 saturated carbocycles. The Balaban J connectivity index is 1.45. The van der Waals surface area contributed by atoms with E-state index in [-0.39, 0.29) is 0 Å².